The summed E-state index contributed by atoms with van der Waals surface area (Å²) >= 11 is 1.72. The minimum absolute atomic E-state index is 0.216. The number of benzene rings is 1. The SMILES string of the molecule is N#CC1=C(N=Cc2ccccc2O)SC2CCCC12. The third-order valence-electron chi connectivity index (χ3n) is 3.69. The minimum Gasteiger partial charge on any atom is -0.507 e. The molecule has 1 aromatic carbocycles. The summed E-state index contributed by atoms with van der Waals surface area (Å²) in [4.78, 5) is 4.42. The van der Waals surface area contributed by atoms with Gasteiger partial charge < -0.3 is 5.11 Å². The fourth-order valence-electron chi connectivity index (χ4n) is 2.72. The van der Waals surface area contributed by atoms with Crippen molar-refractivity contribution in [3.8, 4) is 11.8 Å². The summed E-state index contributed by atoms with van der Waals surface area (Å²) in [5, 5.41) is 20.3. The fraction of sp³-hybridized carbons (Fsp3) is 0.333. The standard InChI is InChI=1S/C15H14N2OS/c16-8-12-11-5-3-7-14(11)19-15(12)17-9-10-4-1-2-6-13(10)18/h1-2,4,6,9,11,14,18H,3,5,7H2. The van der Waals surface area contributed by atoms with Crippen molar-refractivity contribution in [1.82, 2.24) is 0 Å². The van der Waals surface area contributed by atoms with Crippen LogP contribution in [0.4, 0.5) is 0 Å². The molecule has 4 heteroatoms. The highest BCUT2D eigenvalue weighted by molar-refractivity contribution is 8.04. The maximum Gasteiger partial charge on any atom is 0.124 e. The zero-order chi connectivity index (χ0) is 13.2. The van der Waals surface area contributed by atoms with Crippen LogP contribution in [0.2, 0.25) is 0 Å². The molecule has 19 heavy (non-hydrogen) atoms. The van der Waals surface area contributed by atoms with E-state index in [0.29, 0.717) is 16.7 Å². The van der Waals surface area contributed by atoms with Crippen molar-refractivity contribution < 1.29 is 5.11 Å². The van der Waals surface area contributed by atoms with Crippen LogP contribution >= 0.6 is 11.8 Å². The van der Waals surface area contributed by atoms with Gasteiger partial charge in [0.2, 0.25) is 0 Å². The van der Waals surface area contributed by atoms with Gasteiger partial charge in [0.05, 0.1) is 11.6 Å². The number of para-hydroxylation sites is 1. The summed E-state index contributed by atoms with van der Waals surface area (Å²) in [7, 11) is 0. The molecule has 1 heterocycles. The van der Waals surface area contributed by atoms with Crippen LogP contribution in [0.5, 0.6) is 5.75 Å². The van der Waals surface area contributed by atoms with Gasteiger partial charge in [0.15, 0.2) is 0 Å². The Bertz CT molecular complexity index is 600. The van der Waals surface area contributed by atoms with E-state index in [1.54, 1.807) is 30.1 Å². The third-order valence-corrected chi connectivity index (χ3v) is 5.11. The van der Waals surface area contributed by atoms with Gasteiger partial charge in [0, 0.05) is 22.9 Å². The van der Waals surface area contributed by atoms with Crippen molar-refractivity contribution >= 4 is 18.0 Å². The van der Waals surface area contributed by atoms with Gasteiger partial charge in [0.1, 0.15) is 10.8 Å². The van der Waals surface area contributed by atoms with Crippen LogP contribution in [0.25, 0.3) is 0 Å². The molecule has 1 aliphatic heterocycles. The average Bonchev–Trinajstić information content (AvgIpc) is 2.97. The first-order chi connectivity index (χ1) is 9.29. The van der Waals surface area contributed by atoms with Crippen LogP contribution in [0.15, 0.2) is 39.9 Å². The Morgan fingerprint density at radius 2 is 2.21 bits per heavy atom. The van der Waals surface area contributed by atoms with E-state index in [9.17, 15) is 10.4 Å². The van der Waals surface area contributed by atoms with Gasteiger partial charge in [-0.2, -0.15) is 5.26 Å². The maximum absolute atomic E-state index is 9.69. The number of nitriles is 1. The van der Waals surface area contributed by atoms with Gasteiger partial charge in [-0.25, -0.2) is 4.99 Å². The number of nitrogens with zero attached hydrogens (tertiary/aromatic N) is 2. The number of thioether (sulfide) groups is 1. The number of aliphatic imine (C=N–C) groups is 1. The number of hydrogen-bond donors (Lipinski definition) is 1. The summed E-state index contributed by atoms with van der Waals surface area (Å²) in [6.45, 7) is 0. The molecule has 0 spiro atoms. The van der Waals surface area contributed by atoms with E-state index in [1.807, 2.05) is 12.1 Å². The normalized spacial score (nSPS) is 25.8. The van der Waals surface area contributed by atoms with Gasteiger partial charge in [-0.3, -0.25) is 0 Å². The van der Waals surface area contributed by atoms with Crippen LogP contribution in [-0.2, 0) is 0 Å². The number of allylic oxidation sites excluding steroid dienone is 1. The van der Waals surface area contributed by atoms with Crippen molar-refractivity contribution in [1.29, 1.82) is 5.26 Å². The van der Waals surface area contributed by atoms with Crippen LogP contribution in [0.1, 0.15) is 24.8 Å². The minimum atomic E-state index is 0.216. The second-order valence-electron chi connectivity index (χ2n) is 4.84. The first-order valence-corrected chi connectivity index (χ1v) is 7.30. The number of fused-ring (bicyclic) bond motifs is 1. The van der Waals surface area contributed by atoms with E-state index in [2.05, 4.69) is 11.1 Å². The van der Waals surface area contributed by atoms with E-state index in [-0.39, 0.29) is 5.75 Å². The van der Waals surface area contributed by atoms with E-state index >= 15 is 0 Å². The van der Waals surface area contributed by atoms with Crippen molar-refractivity contribution in [2.75, 3.05) is 0 Å². The summed E-state index contributed by atoms with van der Waals surface area (Å²) in [6, 6.07) is 9.40. The summed E-state index contributed by atoms with van der Waals surface area (Å²) in [6.07, 6.45) is 5.15. The van der Waals surface area contributed by atoms with Crippen molar-refractivity contribution in [3.63, 3.8) is 0 Å². The molecule has 0 amide bonds. The zero-order valence-electron chi connectivity index (χ0n) is 10.4. The maximum atomic E-state index is 9.69. The monoisotopic (exact) mass is 270 g/mol. The van der Waals surface area contributed by atoms with Crippen molar-refractivity contribution in [2.45, 2.75) is 24.5 Å². The molecule has 0 saturated heterocycles. The number of aromatic hydroxyl groups is 1. The van der Waals surface area contributed by atoms with Crippen LogP contribution < -0.4 is 0 Å². The average molecular weight is 270 g/mol. The molecule has 1 aliphatic carbocycles. The lowest BCUT2D eigenvalue weighted by Gasteiger charge is -2.05. The topological polar surface area (TPSA) is 56.4 Å². The third kappa shape index (κ3) is 2.26. The smallest absolute Gasteiger partial charge is 0.124 e. The molecule has 1 aromatic rings. The molecule has 3 rings (SSSR count). The highest BCUT2D eigenvalue weighted by Crippen LogP contribution is 2.50. The molecule has 2 unspecified atom stereocenters. The Kier molecular flexibility index (Phi) is 3.31. The highest BCUT2D eigenvalue weighted by atomic mass is 32.2. The van der Waals surface area contributed by atoms with Gasteiger partial charge in [0.25, 0.3) is 0 Å². The second-order valence-corrected chi connectivity index (χ2v) is 6.07. The highest BCUT2D eigenvalue weighted by Gasteiger charge is 2.39. The zero-order valence-corrected chi connectivity index (χ0v) is 11.2. The van der Waals surface area contributed by atoms with Crippen LogP contribution in [0.3, 0.4) is 0 Å². The second kappa shape index (κ2) is 5.10. The van der Waals surface area contributed by atoms with Gasteiger partial charge in [-0.05, 0) is 25.0 Å². The predicted molar refractivity (Wildman–Crippen MR) is 77.1 cm³/mol. The van der Waals surface area contributed by atoms with E-state index < -0.39 is 0 Å². The molecule has 1 saturated carbocycles. The van der Waals surface area contributed by atoms with Crippen molar-refractivity contribution in [3.05, 3.63) is 40.4 Å². The van der Waals surface area contributed by atoms with Crippen LogP contribution in [0, 0.1) is 17.2 Å². The molecule has 1 fully saturated rings. The molecule has 2 atom stereocenters. The quantitative estimate of drug-likeness (QED) is 0.837. The Morgan fingerprint density at radius 1 is 1.37 bits per heavy atom. The molecule has 3 nitrogen and oxygen atoms in total. The lowest BCUT2D eigenvalue weighted by atomic mass is 10.00. The van der Waals surface area contributed by atoms with Gasteiger partial charge in [-0.1, -0.05) is 18.6 Å². The largest absolute Gasteiger partial charge is 0.507 e. The van der Waals surface area contributed by atoms with E-state index in [0.717, 1.165) is 17.0 Å². The van der Waals surface area contributed by atoms with E-state index in [4.69, 9.17) is 0 Å². The Balaban J connectivity index is 1.87. The molecule has 0 bridgehead atoms. The molecular formula is C15H14N2OS. The Morgan fingerprint density at radius 3 is 3.00 bits per heavy atom. The van der Waals surface area contributed by atoms with Crippen molar-refractivity contribution in [2.24, 2.45) is 10.9 Å². The lowest BCUT2D eigenvalue weighted by molar-refractivity contribution is 0.474. The Hall–Kier alpha value is -1.73. The number of rotatable bonds is 2. The predicted octanol–water partition coefficient (Wildman–Crippen LogP) is 3.46. The number of phenols is 1. The summed E-state index contributed by atoms with van der Waals surface area (Å²) in [5.74, 6) is 0.611. The number of phenolic OH excluding ortho intramolecular Hbond substituents is 1. The Labute approximate surface area is 116 Å². The van der Waals surface area contributed by atoms with Crippen LogP contribution in [-0.4, -0.2) is 16.6 Å². The first-order valence-electron chi connectivity index (χ1n) is 6.42. The molecular weight excluding hydrogens is 256 g/mol. The first kappa shape index (κ1) is 12.3. The fourth-order valence-corrected chi connectivity index (χ4v) is 4.16. The summed E-state index contributed by atoms with van der Waals surface area (Å²) in [5.41, 5.74) is 1.52. The van der Waals surface area contributed by atoms with Gasteiger partial charge >= 0.3 is 0 Å². The molecule has 2 aliphatic rings. The molecule has 0 aromatic heterocycles. The van der Waals surface area contributed by atoms with Gasteiger partial charge in [-0.15, -0.1) is 11.8 Å². The summed E-state index contributed by atoms with van der Waals surface area (Å²) < 4.78 is 0. The lowest BCUT2D eigenvalue weighted by Crippen LogP contribution is -2.05. The van der Waals surface area contributed by atoms with E-state index in [1.165, 1.54) is 12.8 Å². The molecule has 96 valence electrons. The molecule has 1 N–H and O–H groups in total. The number of hydrogen-bond acceptors (Lipinski definition) is 4. The molecule has 0 radical (unpaired) electrons.